The van der Waals surface area contributed by atoms with Gasteiger partial charge in [0.1, 0.15) is 30.2 Å². The van der Waals surface area contributed by atoms with E-state index in [2.05, 4.69) is 70.8 Å². The molecule has 0 spiro atoms. The number of aromatic nitrogens is 4. The van der Waals surface area contributed by atoms with E-state index in [0.29, 0.717) is 29.1 Å². The topological polar surface area (TPSA) is 97.2 Å². The van der Waals surface area contributed by atoms with Crippen LogP contribution in [0.15, 0.2) is 60.4 Å². The Morgan fingerprint density at radius 2 is 1.85 bits per heavy atom. The second kappa shape index (κ2) is 8.37. The number of rotatable bonds is 3. The fraction of sp³-hybridized carbons (Fsp3) is 0.154. The summed E-state index contributed by atoms with van der Waals surface area (Å²) in [6.45, 7) is 8.97. The van der Waals surface area contributed by atoms with Gasteiger partial charge in [-0.05, 0) is 43.0 Å². The van der Waals surface area contributed by atoms with Gasteiger partial charge in [0.2, 0.25) is 0 Å². The molecule has 2 aromatic heterocycles. The summed E-state index contributed by atoms with van der Waals surface area (Å²) in [7, 11) is 1.74. The van der Waals surface area contributed by atoms with Crippen LogP contribution in [0.3, 0.4) is 0 Å². The first-order valence-corrected chi connectivity index (χ1v) is 10.9. The van der Waals surface area contributed by atoms with E-state index in [-0.39, 0.29) is 0 Å². The summed E-state index contributed by atoms with van der Waals surface area (Å²) < 4.78 is 1.77. The zero-order valence-corrected chi connectivity index (χ0v) is 19.3. The molecule has 1 aliphatic rings. The molecule has 3 N–H and O–H groups in total. The number of fused-ring (bicyclic) bond motifs is 2. The van der Waals surface area contributed by atoms with Crippen LogP contribution in [-0.2, 0) is 6.54 Å². The van der Waals surface area contributed by atoms with Crippen molar-refractivity contribution in [3.63, 3.8) is 0 Å². The number of amidine groups is 1. The lowest BCUT2D eigenvalue weighted by Gasteiger charge is -2.34. The number of nitrogens with zero attached hydrogens (tertiary/aromatic N) is 6. The Kier molecular flexibility index (Phi) is 5.22. The molecule has 0 amide bonds. The molecule has 0 bridgehead atoms. The van der Waals surface area contributed by atoms with Crippen molar-refractivity contribution < 1.29 is 0 Å². The number of nitrogens with two attached hydrogens (primary N) is 1. The number of hydrogen-bond donors (Lipinski definition) is 2. The first-order valence-electron chi connectivity index (χ1n) is 10.9. The molecule has 0 radical (unpaired) electrons. The summed E-state index contributed by atoms with van der Waals surface area (Å²) in [5, 5.41) is 8.15. The molecular weight excluding hydrogens is 424 g/mol. The first kappa shape index (κ1) is 21.2. The van der Waals surface area contributed by atoms with Gasteiger partial charge in [-0.1, -0.05) is 36.9 Å². The van der Waals surface area contributed by atoms with Crippen molar-refractivity contribution in [3.05, 3.63) is 77.8 Å². The molecule has 0 aliphatic carbocycles. The normalized spacial score (nSPS) is 12.7. The third-order valence-corrected chi connectivity index (χ3v) is 5.83. The van der Waals surface area contributed by atoms with Crippen LogP contribution in [0, 0.1) is 25.8 Å². The molecule has 4 aromatic rings. The predicted molar refractivity (Wildman–Crippen MR) is 137 cm³/mol. The van der Waals surface area contributed by atoms with Crippen molar-refractivity contribution in [1.82, 2.24) is 25.1 Å². The van der Waals surface area contributed by atoms with Crippen LogP contribution >= 0.6 is 0 Å². The molecule has 1 aliphatic heterocycles. The molecule has 0 unspecified atom stereocenters. The Balaban J connectivity index is 1.70. The second-order valence-electron chi connectivity index (χ2n) is 8.03. The number of nitrogens with one attached hydrogen (secondary N) is 1. The zero-order valence-electron chi connectivity index (χ0n) is 19.3. The molecule has 3 heterocycles. The minimum absolute atomic E-state index is 0.336. The first-order chi connectivity index (χ1) is 16.5. The molecule has 0 saturated carbocycles. The average Bonchev–Trinajstić information content (AvgIpc) is 3.17. The SMILES string of the molecule is C=C1c2c(C)cccc2N=C(Cn2nc(C#CNC)c3c(N)ncnc32)N1c1ccccc1C. The van der Waals surface area contributed by atoms with Crippen molar-refractivity contribution in [2.45, 2.75) is 20.4 Å². The Morgan fingerprint density at radius 3 is 2.65 bits per heavy atom. The number of nitrogen functional groups attached to an aromatic ring is 1. The molecule has 5 rings (SSSR count). The van der Waals surface area contributed by atoms with Crippen molar-refractivity contribution in [1.29, 1.82) is 0 Å². The third-order valence-electron chi connectivity index (χ3n) is 5.83. The van der Waals surface area contributed by atoms with E-state index in [1.54, 1.807) is 11.7 Å². The van der Waals surface area contributed by atoms with Crippen LogP contribution in [0.2, 0.25) is 0 Å². The van der Waals surface area contributed by atoms with E-state index in [1.807, 2.05) is 24.3 Å². The van der Waals surface area contributed by atoms with E-state index in [1.165, 1.54) is 6.33 Å². The highest BCUT2D eigenvalue weighted by Crippen LogP contribution is 2.39. The average molecular weight is 449 g/mol. The standard InChI is InChI=1S/C26H24N8/c1-16-8-5-6-11-21(16)34-18(3)23-17(2)9-7-10-19(23)31-22(34)14-33-26-24(25(27)29-15-30-26)20(32-33)12-13-28-4/h5-11,15,28H,3,14H2,1-2,4H3,(H2,27,29,30). The number of aliphatic imine (C=N–C) groups is 1. The number of hydrogen-bond acceptors (Lipinski definition) is 7. The molecule has 8 heteroatoms. The van der Waals surface area contributed by atoms with Crippen molar-refractivity contribution in [2.75, 3.05) is 17.7 Å². The van der Waals surface area contributed by atoms with Gasteiger partial charge in [-0.15, -0.1) is 0 Å². The van der Waals surface area contributed by atoms with Crippen LogP contribution in [0.4, 0.5) is 17.2 Å². The van der Waals surface area contributed by atoms with E-state index < -0.39 is 0 Å². The molecule has 8 nitrogen and oxygen atoms in total. The van der Waals surface area contributed by atoms with Crippen molar-refractivity contribution in [2.24, 2.45) is 4.99 Å². The molecule has 2 aromatic carbocycles. The number of benzene rings is 2. The minimum Gasteiger partial charge on any atom is -0.383 e. The van der Waals surface area contributed by atoms with Gasteiger partial charge in [0.15, 0.2) is 5.65 Å². The van der Waals surface area contributed by atoms with Crippen LogP contribution in [-0.4, -0.2) is 32.6 Å². The minimum atomic E-state index is 0.336. The van der Waals surface area contributed by atoms with E-state index >= 15 is 0 Å². The monoisotopic (exact) mass is 448 g/mol. The van der Waals surface area contributed by atoms with Crippen molar-refractivity contribution in [3.8, 4) is 12.0 Å². The molecule has 0 fully saturated rings. The van der Waals surface area contributed by atoms with Gasteiger partial charge < -0.3 is 11.1 Å². The number of aryl methyl sites for hydroxylation is 2. The van der Waals surface area contributed by atoms with Crippen LogP contribution in [0.25, 0.3) is 16.7 Å². The Morgan fingerprint density at radius 1 is 1.06 bits per heavy atom. The highest BCUT2D eigenvalue weighted by Gasteiger charge is 2.28. The Labute approximate surface area is 197 Å². The lowest BCUT2D eigenvalue weighted by atomic mass is 10.00. The summed E-state index contributed by atoms with van der Waals surface area (Å²) in [6, 6.07) is 17.1. The fourth-order valence-electron chi connectivity index (χ4n) is 4.27. The zero-order chi connectivity index (χ0) is 23.8. The van der Waals surface area contributed by atoms with Gasteiger partial charge in [-0.2, -0.15) is 5.10 Å². The maximum absolute atomic E-state index is 6.17. The molecule has 34 heavy (non-hydrogen) atoms. The van der Waals surface area contributed by atoms with Gasteiger partial charge in [0, 0.05) is 24.4 Å². The van der Waals surface area contributed by atoms with E-state index in [4.69, 9.17) is 15.8 Å². The maximum atomic E-state index is 6.17. The van der Waals surface area contributed by atoms with E-state index in [9.17, 15) is 0 Å². The summed E-state index contributed by atoms with van der Waals surface area (Å²) in [5.74, 6) is 4.10. The summed E-state index contributed by atoms with van der Waals surface area (Å²) in [5.41, 5.74) is 13.3. The van der Waals surface area contributed by atoms with Gasteiger partial charge in [-0.3, -0.25) is 4.90 Å². The summed E-state index contributed by atoms with van der Waals surface area (Å²) in [4.78, 5) is 15.7. The maximum Gasteiger partial charge on any atom is 0.165 e. The van der Waals surface area contributed by atoms with Gasteiger partial charge in [0.25, 0.3) is 0 Å². The lowest BCUT2D eigenvalue weighted by molar-refractivity contribution is 0.732. The fourth-order valence-corrected chi connectivity index (χ4v) is 4.27. The van der Waals surface area contributed by atoms with Crippen LogP contribution in [0.1, 0.15) is 22.4 Å². The third kappa shape index (κ3) is 3.44. The Bertz CT molecular complexity index is 1530. The molecule has 0 saturated heterocycles. The quantitative estimate of drug-likeness (QED) is 0.366. The van der Waals surface area contributed by atoms with Gasteiger partial charge in [0.05, 0.1) is 16.8 Å². The number of para-hydroxylation sites is 1. The van der Waals surface area contributed by atoms with Gasteiger partial charge >= 0.3 is 0 Å². The number of anilines is 2. The molecule has 0 atom stereocenters. The lowest BCUT2D eigenvalue weighted by Crippen LogP contribution is -2.35. The molecular formula is C26H24N8. The largest absolute Gasteiger partial charge is 0.383 e. The van der Waals surface area contributed by atoms with Gasteiger partial charge in [-0.25, -0.2) is 19.6 Å². The van der Waals surface area contributed by atoms with E-state index in [0.717, 1.165) is 39.6 Å². The highest BCUT2D eigenvalue weighted by atomic mass is 15.3. The second-order valence-corrected chi connectivity index (χ2v) is 8.03. The van der Waals surface area contributed by atoms with Crippen LogP contribution in [0.5, 0.6) is 0 Å². The summed E-state index contributed by atoms with van der Waals surface area (Å²) in [6.07, 6.45) is 1.44. The predicted octanol–water partition coefficient (Wildman–Crippen LogP) is 3.77. The summed E-state index contributed by atoms with van der Waals surface area (Å²) >= 11 is 0. The molecule has 168 valence electrons. The Hall–Kier alpha value is -4.64. The smallest absolute Gasteiger partial charge is 0.165 e. The van der Waals surface area contributed by atoms with Crippen LogP contribution < -0.4 is 16.0 Å². The van der Waals surface area contributed by atoms with Crippen molar-refractivity contribution >= 4 is 39.8 Å². The highest BCUT2D eigenvalue weighted by molar-refractivity contribution is 6.14.